The van der Waals surface area contributed by atoms with Crippen LogP contribution in [0.4, 0.5) is 13.2 Å². The molecule has 2 atom stereocenters. The van der Waals surface area contributed by atoms with Crippen LogP contribution in [0, 0.1) is 17.5 Å². The van der Waals surface area contributed by atoms with Crippen molar-refractivity contribution in [3.63, 3.8) is 0 Å². The van der Waals surface area contributed by atoms with E-state index in [1.807, 2.05) is 0 Å². The predicted molar refractivity (Wildman–Crippen MR) is 113 cm³/mol. The van der Waals surface area contributed by atoms with Gasteiger partial charge in [-0.15, -0.1) is 0 Å². The van der Waals surface area contributed by atoms with Gasteiger partial charge in [-0.1, -0.05) is 51.0 Å². The van der Waals surface area contributed by atoms with Gasteiger partial charge in [-0.3, -0.25) is 0 Å². The van der Waals surface area contributed by atoms with Gasteiger partial charge in [0.25, 0.3) is 0 Å². The summed E-state index contributed by atoms with van der Waals surface area (Å²) in [6, 6.07) is 7.78. The maximum Gasteiger partial charge on any atom is 0.167 e. The smallest absolute Gasteiger partial charge is 0.167 e. The zero-order valence-corrected chi connectivity index (χ0v) is 17.9. The maximum atomic E-state index is 14.9. The van der Waals surface area contributed by atoms with E-state index < -0.39 is 17.5 Å². The molecule has 0 amide bonds. The van der Waals surface area contributed by atoms with Crippen molar-refractivity contribution in [2.45, 2.75) is 71.0 Å². The molecule has 0 N–H and O–H groups in total. The Morgan fingerprint density at radius 1 is 0.933 bits per heavy atom. The number of rotatable bonds is 9. The van der Waals surface area contributed by atoms with E-state index in [2.05, 4.69) is 13.8 Å². The van der Waals surface area contributed by atoms with E-state index in [-0.39, 0.29) is 35.5 Å². The van der Waals surface area contributed by atoms with Gasteiger partial charge < -0.3 is 9.47 Å². The highest BCUT2D eigenvalue weighted by molar-refractivity contribution is 5.66. The van der Waals surface area contributed by atoms with Gasteiger partial charge in [0, 0.05) is 23.7 Å². The van der Waals surface area contributed by atoms with Gasteiger partial charge in [0.1, 0.15) is 5.82 Å². The summed E-state index contributed by atoms with van der Waals surface area (Å²) < 4.78 is 55.7. The molecule has 0 saturated carbocycles. The van der Waals surface area contributed by atoms with Crippen LogP contribution in [0.1, 0.15) is 69.4 Å². The fourth-order valence-corrected chi connectivity index (χ4v) is 3.86. The van der Waals surface area contributed by atoms with Crippen LogP contribution in [0.3, 0.4) is 0 Å². The lowest BCUT2D eigenvalue weighted by Gasteiger charge is -2.29. The first kappa shape index (κ1) is 22.8. The third-order valence-corrected chi connectivity index (χ3v) is 5.73. The lowest BCUT2D eigenvalue weighted by molar-refractivity contribution is -0.167. The van der Waals surface area contributed by atoms with Crippen molar-refractivity contribution < 1.29 is 22.6 Å². The van der Waals surface area contributed by atoms with E-state index in [0.717, 1.165) is 37.7 Å². The van der Waals surface area contributed by atoms with Crippen LogP contribution in [-0.2, 0) is 15.9 Å². The minimum atomic E-state index is -1.01. The summed E-state index contributed by atoms with van der Waals surface area (Å²) in [4.78, 5) is 0. The van der Waals surface area contributed by atoms with E-state index in [9.17, 15) is 13.2 Å². The third kappa shape index (κ3) is 5.44. The Balaban J connectivity index is 1.72. The summed E-state index contributed by atoms with van der Waals surface area (Å²) in [5.41, 5.74) is 1.18. The quantitative estimate of drug-likeness (QED) is 0.401. The third-order valence-electron chi connectivity index (χ3n) is 5.73. The minimum Gasteiger partial charge on any atom is -0.353 e. The van der Waals surface area contributed by atoms with Crippen LogP contribution < -0.4 is 0 Å². The van der Waals surface area contributed by atoms with Crippen LogP contribution in [-0.4, -0.2) is 19.5 Å². The van der Waals surface area contributed by atoms with Crippen LogP contribution >= 0.6 is 0 Å². The topological polar surface area (TPSA) is 18.5 Å². The first-order chi connectivity index (χ1) is 14.5. The molecule has 0 aliphatic carbocycles. The fraction of sp³-hybridized carbons (Fsp3) is 0.520. The molecule has 164 valence electrons. The van der Waals surface area contributed by atoms with Crippen molar-refractivity contribution in [3.8, 4) is 11.1 Å². The Kier molecular flexibility index (Phi) is 8.34. The van der Waals surface area contributed by atoms with E-state index in [0.29, 0.717) is 19.4 Å². The lowest BCUT2D eigenvalue weighted by atomic mass is 9.90. The second-order valence-electron chi connectivity index (χ2n) is 8.01. The van der Waals surface area contributed by atoms with Gasteiger partial charge >= 0.3 is 0 Å². The summed E-state index contributed by atoms with van der Waals surface area (Å²) in [6.07, 6.45) is 5.80. The van der Waals surface area contributed by atoms with E-state index >= 15 is 0 Å². The van der Waals surface area contributed by atoms with E-state index in [1.54, 1.807) is 18.2 Å². The molecule has 1 saturated heterocycles. The Morgan fingerprint density at radius 3 is 2.37 bits per heavy atom. The van der Waals surface area contributed by atoms with E-state index in [4.69, 9.17) is 9.47 Å². The van der Waals surface area contributed by atoms with E-state index in [1.165, 1.54) is 12.1 Å². The first-order valence-corrected chi connectivity index (χ1v) is 11.0. The van der Waals surface area contributed by atoms with Gasteiger partial charge in [0.2, 0.25) is 0 Å². The summed E-state index contributed by atoms with van der Waals surface area (Å²) >= 11 is 0. The highest BCUT2D eigenvalue weighted by Crippen LogP contribution is 2.35. The van der Waals surface area contributed by atoms with Crippen molar-refractivity contribution in [3.05, 3.63) is 58.9 Å². The summed E-state index contributed by atoms with van der Waals surface area (Å²) in [5, 5.41) is 0. The molecule has 2 unspecified atom stereocenters. The van der Waals surface area contributed by atoms with Crippen molar-refractivity contribution in [2.75, 3.05) is 13.2 Å². The van der Waals surface area contributed by atoms with Gasteiger partial charge in [-0.05, 0) is 49.3 Å². The van der Waals surface area contributed by atoms with Gasteiger partial charge in [-0.25, -0.2) is 13.2 Å². The van der Waals surface area contributed by atoms with Gasteiger partial charge in [0.15, 0.2) is 17.9 Å². The molecular formula is C25H31F3O2. The first-order valence-electron chi connectivity index (χ1n) is 11.0. The molecule has 1 heterocycles. The molecule has 2 nitrogen and oxygen atoms in total. The number of aryl methyl sites for hydroxylation is 1. The fourth-order valence-electron chi connectivity index (χ4n) is 3.86. The average Bonchev–Trinajstić information content (AvgIpc) is 2.75. The van der Waals surface area contributed by atoms with Crippen molar-refractivity contribution in [1.82, 2.24) is 0 Å². The number of unbranched alkanes of at least 4 members (excludes halogenated alkanes) is 2. The predicted octanol–water partition coefficient (Wildman–Crippen LogP) is 7.15. The molecule has 0 aromatic heterocycles. The largest absolute Gasteiger partial charge is 0.353 e. The summed E-state index contributed by atoms with van der Waals surface area (Å²) in [5.74, 6) is -2.68. The van der Waals surface area contributed by atoms with Gasteiger partial charge in [-0.2, -0.15) is 0 Å². The molecular weight excluding hydrogens is 389 g/mol. The second kappa shape index (κ2) is 11.0. The zero-order chi connectivity index (χ0) is 21.5. The Morgan fingerprint density at radius 2 is 1.70 bits per heavy atom. The SMILES string of the molecule is CCCCOC1CCC(c2ccc(-c3ccc(CCCC)cc3F)c(F)c2F)CO1. The molecule has 3 rings (SSSR count). The molecule has 5 heteroatoms. The molecule has 1 aliphatic heterocycles. The van der Waals surface area contributed by atoms with Crippen molar-refractivity contribution in [1.29, 1.82) is 0 Å². The standard InChI is InChI=1S/C25H31F3O2/c1-3-5-7-17-8-10-20(22(26)15-17)21-12-11-19(24(27)25(21)28)18-9-13-23(30-16-18)29-14-6-4-2/h8,10-12,15,18,23H,3-7,9,13-14,16H2,1-2H3. The molecule has 30 heavy (non-hydrogen) atoms. The summed E-state index contributed by atoms with van der Waals surface area (Å²) in [7, 11) is 0. The average molecular weight is 421 g/mol. The summed E-state index contributed by atoms with van der Waals surface area (Å²) in [6.45, 7) is 5.09. The second-order valence-corrected chi connectivity index (χ2v) is 8.01. The van der Waals surface area contributed by atoms with Crippen LogP contribution in [0.25, 0.3) is 11.1 Å². The highest BCUT2D eigenvalue weighted by atomic mass is 19.2. The molecule has 2 aromatic rings. The molecule has 2 aromatic carbocycles. The Bertz CT molecular complexity index is 829. The van der Waals surface area contributed by atoms with Crippen LogP contribution in [0.5, 0.6) is 0 Å². The molecule has 1 fully saturated rings. The number of hydrogen-bond donors (Lipinski definition) is 0. The van der Waals surface area contributed by atoms with Crippen LogP contribution in [0.2, 0.25) is 0 Å². The molecule has 0 bridgehead atoms. The van der Waals surface area contributed by atoms with Gasteiger partial charge in [0.05, 0.1) is 6.61 Å². The molecule has 1 aliphatic rings. The Labute approximate surface area is 177 Å². The molecule has 0 spiro atoms. The van der Waals surface area contributed by atoms with Crippen molar-refractivity contribution in [2.24, 2.45) is 0 Å². The van der Waals surface area contributed by atoms with Crippen LogP contribution in [0.15, 0.2) is 30.3 Å². The lowest BCUT2D eigenvalue weighted by Crippen LogP contribution is -2.28. The maximum absolute atomic E-state index is 14.9. The number of ether oxygens (including phenoxy) is 2. The zero-order valence-electron chi connectivity index (χ0n) is 17.9. The number of benzene rings is 2. The number of hydrogen-bond acceptors (Lipinski definition) is 2. The Hall–Kier alpha value is -1.85. The highest BCUT2D eigenvalue weighted by Gasteiger charge is 2.27. The minimum absolute atomic E-state index is 0.0479. The van der Waals surface area contributed by atoms with Crippen molar-refractivity contribution >= 4 is 0 Å². The number of halogens is 3. The molecule has 0 radical (unpaired) electrons. The normalized spacial score (nSPS) is 19.2. The monoisotopic (exact) mass is 420 g/mol.